The van der Waals surface area contributed by atoms with E-state index in [-0.39, 0.29) is 0 Å². The van der Waals surface area contributed by atoms with Crippen LogP contribution in [0.25, 0.3) is 0 Å². The molecule has 0 saturated carbocycles. The summed E-state index contributed by atoms with van der Waals surface area (Å²) in [5.74, 6) is 2.28. The van der Waals surface area contributed by atoms with Gasteiger partial charge in [-0.25, -0.2) is 0 Å². The lowest BCUT2D eigenvalue weighted by Crippen LogP contribution is -2.37. The molecule has 0 aliphatic carbocycles. The van der Waals surface area contributed by atoms with Crippen LogP contribution in [0.2, 0.25) is 18.1 Å². The van der Waals surface area contributed by atoms with Crippen molar-refractivity contribution in [2.45, 2.75) is 56.7 Å². The molecule has 18 heavy (non-hydrogen) atoms. The zero-order valence-corrected chi connectivity index (χ0v) is 14.8. The lowest BCUT2D eigenvalue weighted by Gasteiger charge is -2.30. The Bertz CT molecular complexity index is 155. The van der Waals surface area contributed by atoms with Crippen molar-refractivity contribution < 1.29 is 4.43 Å². The van der Waals surface area contributed by atoms with Gasteiger partial charge in [0.2, 0.25) is 0 Å². The minimum Gasteiger partial charge on any atom is -0.420 e. The van der Waals surface area contributed by atoms with Crippen LogP contribution in [0.3, 0.4) is 0 Å². The van der Waals surface area contributed by atoms with Crippen LogP contribution in [0.1, 0.15) is 38.5 Å². The molecule has 0 bridgehead atoms. The number of unbranched alkanes of at least 4 members (excludes halogenated alkanes) is 3. The van der Waals surface area contributed by atoms with Gasteiger partial charge in [-0.3, -0.25) is 0 Å². The standard InChI is InChI=1S/C13H27Cl3OSi/c1-17-18(11-5-2-8-14,12-6-3-9-15)13-7-4-10-16/h2-13H2,1H3. The summed E-state index contributed by atoms with van der Waals surface area (Å²) in [6.45, 7) is 0. The van der Waals surface area contributed by atoms with Gasteiger partial charge in [0.05, 0.1) is 0 Å². The Morgan fingerprint density at radius 1 is 0.667 bits per heavy atom. The second-order valence-corrected chi connectivity index (χ2v) is 10.2. The first-order chi connectivity index (χ1) is 8.74. The number of alkyl halides is 3. The molecule has 0 aromatic carbocycles. The van der Waals surface area contributed by atoms with E-state index in [1.165, 1.54) is 37.4 Å². The zero-order valence-electron chi connectivity index (χ0n) is 11.5. The average Bonchev–Trinajstić information content (AvgIpc) is 2.39. The van der Waals surface area contributed by atoms with E-state index in [0.29, 0.717) is 0 Å². The van der Waals surface area contributed by atoms with Crippen molar-refractivity contribution >= 4 is 43.1 Å². The van der Waals surface area contributed by atoms with Crippen molar-refractivity contribution in [3.8, 4) is 0 Å². The van der Waals surface area contributed by atoms with Gasteiger partial charge >= 0.3 is 0 Å². The van der Waals surface area contributed by atoms with Gasteiger partial charge in [0.1, 0.15) is 0 Å². The molecule has 0 saturated heterocycles. The van der Waals surface area contributed by atoms with E-state index in [2.05, 4.69) is 0 Å². The Morgan fingerprint density at radius 2 is 1.00 bits per heavy atom. The van der Waals surface area contributed by atoms with E-state index < -0.39 is 8.32 Å². The van der Waals surface area contributed by atoms with Gasteiger partial charge in [-0.1, -0.05) is 19.3 Å². The number of hydrogen-bond donors (Lipinski definition) is 0. The summed E-state index contributed by atoms with van der Waals surface area (Å²) in [5.41, 5.74) is 0. The molecular formula is C13H27Cl3OSi. The molecule has 0 aromatic rings. The molecule has 0 atom stereocenters. The predicted molar refractivity (Wildman–Crippen MR) is 87.0 cm³/mol. The van der Waals surface area contributed by atoms with E-state index in [1.807, 2.05) is 7.11 Å². The molecule has 0 aromatic heterocycles. The fraction of sp³-hybridized carbons (Fsp3) is 1.00. The van der Waals surface area contributed by atoms with Crippen LogP contribution in [0.5, 0.6) is 0 Å². The van der Waals surface area contributed by atoms with E-state index >= 15 is 0 Å². The van der Waals surface area contributed by atoms with Crippen molar-refractivity contribution in [2.75, 3.05) is 24.7 Å². The molecule has 0 aliphatic rings. The summed E-state index contributed by atoms with van der Waals surface area (Å²) >= 11 is 17.3. The van der Waals surface area contributed by atoms with Gasteiger partial charge in [0.15, 0.2) is 8.32 Å². The van der Waals surface area contributed by atoms with E-state index in [4.69, 9.17) is 39.2 Å². The quantitative estimate of drug-likeness (QED) is 0.241. The highest BCUT2D eigenvalue weighted by atomic mass is 35.5. The van der Waals surface area contributed by atoms with Crippen molar-refractivity contribution in [3.05, 3.63) is 0 Å². The molecule has 0 unspecified atom stereocenters. The number of rotatable bonds is 13. The summed E-state index contributed by atoms with van der Waals surface area (Å²) in [5, 5.41) is 0. The fourth-order valence-corrected chi connectivity index (χ4v) is 6.92. The molecule has 0 fully saturated rings. The Balaban J connectivity index is 4.20. The average molecular weight is 334 g/mol. The monoisotopic (exact) mass is 332 g/mol. The Kier molecular flexibility index (Phi) is 13.8. The van der Waals surface area contributed by atoms with Gasteiger partial charge in [-0.15, -0.1) is 34.8 Å². The molecule has 0 radical (unpaired) electrons. The molecular weight excluding hydrogens is 307 g/mol. The first kappa shape index (κ1) is 19.0. The fourth-order valence-electron chi connectivity index (χ4n) is 2.31. The summed E-state index contributed by atoms with van der Waals surface area (Å²) in [7, 11) is 0.340. The van der Waals surface area contributed by atoms with Gasteiger partial charge in [0, 0.05) is 24.7 Å². The maximum Gasteiger partial charge on any atom is 0.192 e. The largest absolute Gasteiger partial charge is 0.420 e. The normalized spacial score (nSPS) is 12.0. The number of hydrogen-bond acceptors (Lipinski definition) is 1. The first-order valence-corrected chi connectivity index (χ1v) is 11.1. The van der Waals surface area contributed by atoms with Gasteiger partial charge < -0.3 is 4.43 Å². The molecule has 0 spiro atoms. The molecule has 0 aliphatic heterocycles. The molecule has 0 N–H and O–H groups in total. The van der Waals surface area contributed by atoms with Crippen LogP contribution < -0.4 is 0 Å². The summed E-state index contributed by atoms with van der Waals surface area (Å²) in [4.78, 5) is 0. The maximum atomic E-state index is 5.99. The maximum absolute atomic E-state index is 5.99. The Hall–Kier alpha value is 1.05. The minimum atomic E-state index is -1.56. The highest BCUT2D eigenvalue weighted by Crippen LogP contribution is 2.29. The molecule has 0 rings (SSSR count). The first-order valence-electron chi connectivity index (χ1n) is 6.97. The van der Waals surface area contributed by atoms with Gasteiger partial charge in [-0.05, 0) is 37.4 Å². The van der Waals surface area contributed by atoms with Crippen molar-refractivity contribution in [1.29, 1.82) is 0 Å². The van der Waals surface area contributed by atoms with E-state index in [1.54, 1.807) is 0 Å². The molecule has 0 amide bonds. The third-order valence-electron chi connectivity index (χ3n) is 3.48. The van der Waals surface area contributed by atoms with Crippen LogP contribution >= 0.6 is 34.8 Å². The lowest BCUT2D eigenvalue weighted by molar-refractivity contribution is 0.383. The van der Waals surface area contributed by atoms with Crippen LogP contribution in [0.15, 0.2) is 0 Å². The molecule has 1 nitrogen and oxygen atoms in total. The highest BCUT2D eigenvalue weighted by molar-refractivity contribution is 6.73. The highest BCUT2D eigenvalue weighted by Gasteiger charge is 2.31. The van der Waals surface area contributed by atoms with Crippen LogP contribution in [-0.4, -0.2) is 33.1 Å². The van der Waals surface area contributed by atoms with Crippen molar-refractivity contribution in [1.82, 2.24) is 0 Å². The topological polar surface area (TPSA) is 9.23 Å². The van der Waals surface area contributed by atoms with E-state index in [9.17, 15) is 0 Å². The van der Waals surface area contributed by atoms with Crippen LogP contribution in [0, 0.1) is 0 Å². The minimum absolute atomic E-state index is 0.761. The summed E-state index contributed by atoms with van der Waals surface area (Å²) in [6.07, 6.45) is 6.90. The summed E-state index contributed by atoms with van der Waals surface area (Å²) < 4.78 is 5.99. The number of halogens is 3. The molecule has 110 valence electrons. The van der Waals surface area contributed by atoms with Crippen LogP contribution in [-0.2, 0) is 4.43 Å². The molecule has 0 heterocycles. The predicted octanol–water partition coefficient (Wildman–Crippen LogP) is 5.64. The van der Waals surface area contributed by atoms with E-state index in [0.717, 1.165) is 36.9 Å². The SMILES string of the molecule is CO[Si](CCCCCl)(CCCCCl)CCCCCl. The second kappa shape index (κ2) is 13.0. The Labute approximate surface area is 129 Å². The van der Waals surface area contributed by atoms with Crippen molar-refractivity contribution in [2.24, 2.45) is 0 Å². The zero-order chi connectivity index (χ0) is 13.7. The van der Waals surface area contributed by atoms with Gasteiger partial charge in [0.25, 0.3) is 0 Å². The summed E-state index contributed by atoms with van der Waals surface area (Å²) in [6, 6.07) is 3.71. The molecule has 5 heteroatoms. The van der Waals surface area contributed by atoms with Gasteiger partial charge in [-0.2, -0.15) is 0 Å². The Morgan fingerprint density at radius 3 is 1.22 bits per heavy atom. The lowest BCUT2D eigenvalue weighted by atomic mass is 10.4. The second-order valence-electron chi connectivity index (χ2n) is 4.83. The van der Waals surface area contributed by atoms with Crippen molar-refractivity contribution in [3.63, 3.8) is 0 Å². The third-order valence-corrected chi connectivity index (χ3v) is 8.94. The van der Waals surface area contributed by atoms with Crippen LogP contribution in [0.4, 0.5) is 0 Å². The third kappa shape index (κ3) is 9.03. The smallest absolute Gasteiger partial charge is 0.192 e.